The number of piperazine rings is 1. The first-order valence-electron chi connectivity index (χ1n) is 8.97. The molecule has 1 aromatic carbocycles. The van der Waals surface area contributed by atoms with Gasteiger partial charge in [-0.25, -0.2) is 0 Å². The summed E-state index contributed by atoms with van der Waals surface area (Å²) in [7, 11) is -3.28. The second-order valence-corrected chi connectivity index (χ2v) is 9.03. The minimum absolute atomic E-state index is 0.575. The van der Waals surface area contributed by atoms with Crippen LogP contribution in [0.1, 0.15) is 36.0 Å². The van der Waals surface area contributed by atoms with E-state index in [9.17, 15) is 8.42 Å². The lowest BCUT2D eigenvalue weighted by Gasteiger charge is -2.39. The molecule has 2 fully saturated rings. The van der Waals surface area contributed by atoms with E-state index >= 15 is 0 Å². The lowest BCUT2D eigenvalue weighted by Crippen LogP contribution is -2.54. The predicted octanol–water partition coefficient (Wildman–Crippen LogP) is 2.46. The smallest absolute Gasteiger partial charge is 0.282 e. The van der Waals surface area contributed by atoms with Gasteiger partial charge >= 0.3 is 0 Å². The van der Waals surface area contributed by atoms with Gasteiger partial charge in [0.15, 0.2) is 0 Å². The van der Waals surface area contributed by atoms with Crippen LogP contribution in [0, 0.1) is 20.8 Å². The number of benzene rings is 1. The Hall–Kier alpha value is -1.11. The summed E-state index contributed by atoms with van der Waals surface area (Å²) in [5.41, 5.74) is 5.11. The Morgan fingerprint density at radius 1 is 0.750 bits per heavy atom. The Balaban J connectivity index is 1.70. The van der Waals surface area contributed by atoms with Crippen molar-refractivity contribution in [1.29, 1.82) is 0 Å². The Morgan fingerprint density at radius 2 is 1.25 bits per heavy atom. The van der Waals surface area contributed by atoms with Crippen molar-refractivity contribution in [2.75, 3.05) is 44.2 Å². The van der Waals surface area contributed by atoms with E-state index in [1.54, 1.807) is 8.61 Å². The highest BCUT2D eigenvalue weighted by molar-refractivity contribution is 7.86. The summed E-state index contributed by atoms with van der Waals surface area (Å²) in [5, 5.41) is 0. The molecule has 0 atom stereocenters. The molecule has 0 spiro atoms. The third kappa shape index (κ3) is 3.46. The van der Waals surface area contributed by atoms with Gasteiger partial charge in [0.2, 0.25) is 0 Å². The van der Waals surface area contributed by atoms with Gasteiger partial charge in [-0.2, -0.15) is 17.0 Å². The second kappa shape index (κ2) is 7.02. The molecule has 0 radical (unpaired) electrons. The highest BCUT2D eigenvalue weighted by atomic mass is 32.2. The number of hydrogen-bond donors (Lipinski definition) is 0. The molecule has 1 aromatic rings. The Bertz CT molecular complexity index is 665. The lowest BCUT2D eigenvalue weighted by molar-refractivity contribution is 0.295. The van der Waals surface area contributed by atoms with Gasteiger partial charge in [-0.15, -0.1) is 0 Å². The van der Waals surface area contributed by atoms with Gasteiger partial charge in [-0.1, -0.05) is 24.1 Å². The van der Waals surface area contributed by atoms with Gasteiger partial charge in [-0.3, -0.25) is 0 Å². The van der Waals surface area contributed by atoms with Gasteiger partial charge in [0.05, 0.1) is 0 Å². The van der Waals surface area contributed by atoms with Gasteiger partial charge < -0.3 is 4.90 Å². The molecule has 2 heterocycles. The number of hydrogen-bond acceptors (Lipinski definition) is 3. The Labute approximate surface area is 146 Å². The summed E-state index contributed by atoms with van der Waals surface area (Å²) in [6.45, 7) is 10.4. The van der Waals surface area contributed by atoms with Crippen molar-refractivity contribution >= 4 is 15.9 Å². The Kier molecular flexibility index (Phi) is 5.18. The summed E-state index contributed by atoms with van der Waals surface area (Å²) in [6.07, 6.45) is 3.12. The standard InChI is InChI=1S/C18H29N3O2S/c1-15-13-16(2)18(17(3)14-15)19-9-11-21(12-10-19)24(22,23)20-7-5-4-6-8-20/h13-14H,4-12H2,1-3H3. The van der Waals surface area contributed by atoms with E-state index in [0.717, 1.165) is 32.4 Å². The first-order chi connectivity index (χ1) is 11.4. The first-order valence-corrected chi connectivity index (χ1v) is 10.4. The molecule has 24 heavy (non-hydrogen) atoms. The van der Waals surface area contributed by atoms with Crippen molar-refractivity contribution in [3.63, 3.8) is 0 Å². The number of nitrogens with zero attached hydrogens (tertiary/aromatic N) is 3. The normalized spacial score (nSPS) is 21.2. The molecule has 6 heteroatoms. The highest BCUT2D eigenvalue weighted by Gasteiger charge is 2.33. The summed E-state index contributed by atoms with van der Waals surface area (Å²) in [5.74, 6) is 0. The second-order valence-electron chi connectivity index (χ2n) is 7.10. The molecule has 0 aliphatic carbocycles. The van der Waals surface area contributed by atoms with E-state index in [4.69, 9.17) is 0 Å². The third-order valence-electron chi connectivity index (χ3n) is 5.16. The number of rotatable bonds is 3. The van der Waals surface area contributed by atoms with Crippen molar-refractivity contribution in [3.05, 3.63) is 28.8 Å². The first kappa shape index (κ1) is 17.7. The molecule has 3 rings (SSSR count). The lowest BCUT2D eigenvalue weighted by atomic mass is 10.0. The molecular weight excluding hydrogens is 322 g/mol. The fourth-order valence-corrected chi connectivity index (χ4v) is 5.74. The van der Waals surface area contributed by atoms with E-state index < -0.39 is 10.2 Å². The predicted molar refractivity (Wildman–Crippen MR) is 98.8 cm³/mol. The number of piperidine rings is 1. The van der Waals surface area contributed by atoms with Crippen molar-refractivity contribution in [2.24, 2.45) is 0 Å². The maximum absolute atomic E-state index is 12.8. The maximum Gasteiger partial charge on any atom is 0.282 e. The third-order valence-corrected chi connectivity index (χ3v) is 7.19. The van der Waals surface area contributed by atoms with Crippen LogP contribution in [0.4, 0.5) is 5.69 Å². The minimum Gasteiger partial charge on any atom is -0.368 e. The largest absolute Gasteiger partial charge is 0.368 e. The highest BCUT2D eigenvalue weighted by Crippen LogP contribution is 2.28. The summed E-state index contributed by atoms with van der Waals surface area (Å²) >= 11 is 0. The van der Waals surface area contributed by atoms with E-state index in [-0.39, 0.29) is 0 Å². The number of aryl methyl sites for hydroxylation is 3. The van der Waals surface area contributed by atoms with Crippen LogP contribution in [0.2, 0.25) is 0 Å². The van der Waals surface area contributed by atoms with Crippen molar-refractivity contribution < 1.29 is 8.42 Å². The maximum atomic E-state index is 12.8. The van der Waals surface area contributed by atoms with E-state index in [2.05, 4.69) is 37.8 Å². The molecule has 5 nitrogen and oxygen atoms in total. The SMILES string of the molecule is Cc1cc(C)c(N2CCN(S(=O)(=O)N3CCCCC3)CC2)c(C)c1. The van der Waals surface area contributed by atoms with Crippen molar-refractivity contribution in [2.45, 2.75) is 40.0 Å². The molecule has 0 bridgehead atoms. The monoisotopic (exact) mass is 351 g/mol. The minimum atomic E-state index is -3.28. The molecule has 0 aromatic heterocycles. The molecule has 0 N–H and O–H groups in total. The van der Waals surface area contributed by atoms with E-state index in [1.165, 1.54) is 22.4 Å². The summed E-state index contributed by atoms with van der Waals surface area (Å²) < 4.78 is 28.9. The van der Waals surface area contributed by atoms with Crippen LogP contribution in [0.3, 0.4) is 0 Å². The fraction of sp³-hybridized carbons (Fsp3) is 0.667. The molecule has 2 saturated heterocycles. The van der Waals surface area contributed by atoms with E-state index in [1.807, 2.05) is 0 Å². The average molecular weight is 352 g/mol. The van der Waals surface area contributed by atoms with Gasteiger partial charge in [0, 0.05) is 45.0 Å². The molecule has 0 saturated carbocycles. The van der Waals surface area contributed by atoms with E-state index in [0.29, 0.717) is 26.2 Å². The summed E-state index contributed by atoms with van der Waals surface area (Å²) in [4.78, 5) is 2.34. The van der Waals surface area contributed by atoms with Crippen molar-refractivity contribution in [1.82, 2.24) is 8.61 Å². The van der Waals surface area contributed by atoms with Gasteiger partial charge in [0.25, 0.3) is 10.2 Å². The van der Waals surface area contributed by atoms with Crippen molar-refractivity contribution in [3.8, 4) is 0 Å². The van der Waals surface area contributed by atoms with Crippen LogP contribution >= 0.6 is 0 Å². The molecule has 0 unspecified atom stereocenters. The van der Waals surface area contributed by atoms with Crippen LogP contribution in [0.25, 0.3) is 0 Å². The molecule has 2 aliphatic rings. The van der Waals surface area contributed by atoms with Crippen LogP contribution in [-0.4, -0.2) is 56.3 Å². The topological polar surface area (TPSA) is 43.9 Å². The molecular formula is C18H29N3O2S. The van der Waals surface area contributed by atoms with Gasteiger partial charge in [0.1, 0.15) is 0 Å². The van der Waals surface area contributed by atoms with Crippen LogP contribution in [0.15, 0.2) is 12.1 Å². The van der Waals surface area contributed by atoms with Crippen LogP contribution in [-0.2, 0) is 10.2 Å². The molecule has 134 valence electrons. The molecule has 2 aliphatic heterocycles. The zero-order chi connectivity index (χ0) is 17.3. The Morgan fingerprint density at radius 3 is 1.79 bits per heavy atom. The quantitative estimate of drug-likeness (QED) is 0.840. The zero-order valence-corrected chi connectivity index (χ0v) is 15.9. The molecule has 0 amide bonds. The fourth-order valence-electron chi connectivity index (χ4n) is 4.07. The van der Waals surface area contributed by atoms with Crippen LogP contribution < -0.4 is 4.90 Å². The summed E-state index contributed by atoms with van der Waals surface area (Å²) in [6, 6.07) is 4.42. The van der Waals surface area contributed by atoms with Crippen LogP contribution in [0.5, 0.6) is 0 Å². The number of anilines is 1. The average Bonchev–Trinajstić information content (AvgIpc) is 2.55. The van der Waals surface area contributed by atoms with Gasteiger partial charge in [-0.05, 0) is 44.7 Å². The zero-order valence-electron chi connectivity index (χ0n) is 15.1.